The van der Waals surface area contributed by atoms with E-state index in [1.165, 1.54) is 9.21 Å². The fourth-order valence-electron chi connectivity index (χ4n) is 1.23. The van der Waals surface area contributed by atoms with Crippen molar-refractivity contribution in [1.82, 2.24) is 5.32 Å². The summed E-state index contributed by atoms with van der Waals surface area (Å²) in [5, 5.41) is 3.38. The Morgan fingerprint density at radius 3 is 3.10 bits per heavy atom. The van der Waals surface area contributed by atoms with Crippen molar-refractivity contribution in [2.75, 3.05) is 6.54 Å². The van der Waals surface area contributed by atoms with Gasteiger partial charge in [0.1, 0.15) is 0 Å². The van der Waals surface area contributed by atoms with Crippen molar-refractivity contribution in [2.45, 2.75) is 31.9 Å². The van der Waals surface area contributed by atoms with Crippen LogP contribution >= 0.6 is 30.4 Å². The molecule has 0 spiro atoms. The highest BCUT2D eigenvalue weighted by Gasteiger charge is 2.18. The summed E-state index contributed by atoms with van der Waals surface area (Å²) < 4.78 is 5.42. The van der Waals surface area contributed by atoms with Crippen LogP contribution in [0.25, 0.3) is 0 Å². The van der Waals surface area contributed by atoms with Crippen molar-refractivity contribution in [3.05, 3.63) is 0 Å². The van der Waals surface area contributed by atoms with E-state index in [2.05, 4.69) is 33.4 Å². The van der Waals surface area contributed by atoms with Gasteiger partial charge in [0.05, 0.1) is 15.3 Å². The molecule has 1 fully saturated rings. The second-order valence-corrected chi connectivity index (χ2v) is 4.06. The molecule has 1 aliphatic heterocycles. The standard InChI is InChI=1S/C6H12INOS/c1-5-4-6(9-10-7)2-3-8-5/h5-6,8H,2-4H2,1H3. The minimum atomic E-state index is 0.471. The largest absolute Gasteiger partial charge is 0.314 e. The van der Waals surface area contributed by atoms with Gasteiger partial charge < -0.3 is 9.50 Å². The average Bonchev–Trinajstić information content (AvgIpc) is 1.88. The first-order valence-corrected chi connectivity index (χ1v) is 6.79. The van der Waals surface area contributed by atoms with Gasteiger partial charge >= 0.3 is 0 Å². The predicted molar refractivity (Wildman–Crippen MR) is 53.2 cm³/mol. The van der Waals surface area contributed by atoms with Crippen LogP contribution in [0.15, 0.2) is 0 Å². The number of rotatable bonds is 2. The number of hydrogen-bond donors (Lipinski definition) is 1. The Morgan fingerprint density at radius 1 is 1.70 bits per heavy atom. The smallest absolute Gasteiger partial charge is 0.0758 e. The molecule has 1 saturated heterocycles. The molecule has 0 radical (unpaired) electrons. The molecule has 2 nitrogen and oxygen atoms in total. The molecule has 0 aromatic carbocycles. The van der Waals surface area contributed by atoms with E-state index < -0.39 is 0 Å². The van der Waals surface area contributed by atoms with E-state index >= 15 is 0 Å². The zero-order chi connectivity index (χ0) is 7.40. The van der Waals surface area contributed by atoms with Crippen molar-refractivity contribution in [2.24, 2.45) is 0 Å². The van der Waals surface area contributed by atoms with E-state index in [1.807, 2.05) is 0 Å². The molecule has 4 heteroatoms. The zero-order valence-corrected chi connectivity index (χ0v) is 8.94. The van der Waals surface area contributed by atoms with Gasteiger partial charge in [-0.3, -0.25) is 0 Å². The van der Waals surface area contributed by atoms with Gasteiger partial charge in [0.2, 0.25) is 0 Å². The average molecular weight is 273 g/mol. The lowest BCUT2D eigenvalue weighted by atomic mass is 10.0. The first-order chi connectivity index (χ1) is 4.83. The Morgan fingerprint density at radius 2 is 2.50 bits per heavy atom. The normalized spacial score (nSPS) is 34.2. The zero-order valence-electron chi connectivity index (χ0n) is 5.97. The monoisotopic (exact) mass is 273 g/mol. The number of nitrogens with one attached hydrogen (secondary N) is 1. The molecular formula is C6H12INOS. The SMILES string of the molecule is CC1CC(OSI)CCN1. The van der Waals surface area contributed by atoms with Crippen LogP contribution in [0.4, 0.5) is 0 Å². The molecule has 0 aromatic rings. The lowest BCUT2D eigenvalue weighted by Crippen LogP contribution is -2.38. The summed E-state index contributed by atoms with van der Waals surface area (Å²) in [7, 11) is 1.45. The molecule has 1 aliphatic rings. The number of halogens is 1. The maximum atomic E-state index is 5.42. The van der Waals surface area contributed by atoms with Crippen molar-refractivity contribution < 1.29 is 4.18 Å². The van der Waals surface area contributed by atoms with Gasteiger partial charge in [-0.2, -0.15) is 0 Å². The van der Waals surface area contributed by atoms with Gasteiger partial charge in [-0.15, -0.1) is 0 Å². The maximum Gasteiger partial charge on any atom is 0.0758 e. The lowest BCUT2D eigenvalue weighted by Gasteiger charge is -2.26. The van der Waals surface area contributed by atoms with Crippen LogP contribution in [-0.2, 0) is 4.18 Å². The Kier molecular flexibility index (Phi) is 4.36. The Labute approximate surface area is 78.3 Å². The number of hydrogen-bond acceptors (Lipinski definition) is 3. The second-order valence-electron chi connectivity index (χ2n) is 2.66. The Balaban J connectivity index is 2.18. The third-order valence-electron chi connectivity index (χ3n) is 1.75. The minimum Gasteiger partial charge on any atom is -0.314 e. The maximum absolute atomic E-state index is 5.42. The molecule has 0 bridgehead atoms. The van der Waals surface area contributed by atoms with Crippen LogP contribution < -0.4 is 5.32 Å². The highest BCUT2D eigenvalue weighted by Crippen LogP contribution is 2.22. The fraction of sp³-hybridized carbons (Fsp3) is 1.00. The Bertz CT molecular complexity index is 102. The van der Waals surface area contributed by atoms with Gasteiger partial charge in [-0.05, 0) is 26.3 Å². The molecule has 0 saturated carbocycles. The summed E-state index contributed by atoms with van der Waals surface area (Å²) in [6.45, 7) is 3.30. The van der Waals surface area contributed by atoms with Crippen LogP contribution in [0.2, 0.25) is 0 Å². The van der Waals surface area contributed by atoms with Crippen molar-refractivity contribution in [1.29, 1.82) is 0 Å². The topological polar surface area (TPSA) is 21.3 Å². The summed E-state index contributed by atoms with van der Waals surface area (Å²) in [4.78, 5) is 0. The van der Waals surface area contributed by atoms with E-state index in [0.717, 1.165) is 19.4 Å². The summed E-state index contributed by atoms with van der Waals surface area (Å²) in [5.74, 6) is 0. The minimum absolute atomic E-state index is 0.471. The molecule has 1 rings (SSSR count). The van der Waals surface area contributed by atoms with Gasteiger partial charge in [0.15, 0.2) is 0 Å². The lowest BCUT2D eigenvalue weighted by molar-refractivity contribution is 0.174. The molecule has 0 amide bonds. The van der Waals surface area contributed by atoms with E-state index in [-0.39, 0.29) is 0 Å². The summed E-state index contributed by atoms with van der Waals surface area (Å²) in [6, 6.07) is 0.627. The van der Waals surface area contributed by atoms with Crippen LogP contribution in [-0.4, -0.2) is 18.7 Å². The Hall–Kier alpha value is 1.00. The summed E-state index contributed by atoms with van der Waals surface area (Å²) >= 11 is 2.17. The molecule has 2 atom stereocenters. The summed E-state index contributed by atoms with van der Waals surface area (Å²) in [5.41, 5.74) is 0. The molecule has 2 unspecified atom stereocenters. The van der Waals surface area contributed by atoms with Gasteiger partial charge in [0.25, 0.3) is 0 Å². The van der Waals surface area contributed by atoms with Crippen LogP contribution in [0.5, 0.6) is 0 Å². The third kappa shape index (κ3) is 2.94. The highest BCUT2D eigenvalue weighted by molar-refractivity contribution is 14.2. The van der Waals surface area contributed by atoms with E-state index in [9.17, 15) is 0 Å². The highest BCUT2D eigenvalue weighted by atomic mass is 127. The fourth-order valence-corrected chi connectivity index (χ4v) is 2.38. The van der Waals surface area contributed by atoms with Crippen LogP contribution in [0.1, 0.15) is 19.8 Å². The van der Waals surface area contributed by atoms with Gasteiger partial charge in [-0.1, -0.05) is 0 Å². The van der Waals surface area contributed by atoms with E-state index in [0.29, 0.717) is 12.1 Å². The first kappa shape index (κ1) is 9.09. The molecule has 0 aliphatic carbocycles. The summed E-state index contributed by atoms with van der Waals surface area (Å²) in [6.07, 6.45) is 2.77. The molecule has 1 N–H and O–H groups in total. The van der Waals surface area contributed by atoms with Gasteiger partial charge in [-0.25, -0.2) is 0 Å². The molecular weight excluding hydrogens is 261 g/mol. The molecule has 1 heterocycles. The van der Waals surface area contributed by atoms with Gasteiger partial charge in [0, 0.05) is 27.2 Å². The van der Waals surface area contributed by atoms with Crippen LogP contribution in [0.3, 0.4) is 0 Å². The predicted octanol–water partition coefficient (Wildman–Crippen LogP) is 2.14. The van der Waals surface area contributed by atoms with E-state index in [1.54, 1.807) is 0 Å². The van der Waals surface area contributed by atoms with Crippen molar-refractivity contribution in [3.63, 3.8) is 0 Å². The third-order valence-corrected chi connectivity index (χ3v) is 2.72. The molecule has 60 valence electrons. The van der Waals surface area contributed by atoms with Crippen LogP contribution in [0, 0.1) is 0 Å². The van der Waals surface area contributed by atoms with Crippen molar-refractivity contribution in [3.8, 4) is 0 Å². The first-order valence-electron chi connectivity index (χ1n) is 3.50. The quantitative estimate of drug-likeness (QED) is 0.615. The van der Waals surface area contributed by atoms with Crippen molar-refractivity contribution >= 4 is 30.4 Å². The molecule has 10 heavy (non-hydrogen) atoms. The number of piperidine rings is 1. The van der Waals surface area contributed by atoms with E-state index in [4.69, 9.17) is 4.18 Å². The second kappa shape index (κ2) is 4.79. The molecule has 0 aromatic heterocycles.